The fourth-order valence-corrected chi connectivity index (χ4v) is 2.02. The number of halogens is 2. The topological polar surface area (TPSA) is 38.7 Å². The van der Waals surface area contributed by atoms with E-state index in [0.29, 0.717) is 27.6 Å². The van der Waals surface area contributed by atoms with Crippen LogP contribution in [0, 0.1) is 5.82 Å². The van der Waals surface area contributed by atoms with Gasteiger partial charge < -0.3 is 14.4 Å². The van der Waals surface area contributed by atoms with E-state index in [1.165, 1.54) is 19.2 Å². The minimum absolute atomic E-state index is 0.341. The van der Waals surface area contributed by atoms with E-state index in [9.17, 15) is 4.39 Å². The summed E-state index contributed by atoms with van der Waals surface area (Å²) < 4.78 is 23.4. The molecule has 0 aliphatic heterocycles. The Morgan fingerprint density at radius 2 is 2.00 bits per heavy atom. The smallest absolute Gasteiger partial charge is 0.504 e. The van der Waals surface area contributed by atoms with Crippen molar-refractivity contribution in [1.82, 2.24) is 0 Å². The molecule has 0 fully saturated rings. The second-order valence-corrected chi connectivity index (χ2v) is 4.17. The summed E-state index contributed by atoms with van der Waals surface area (Å²) in [5.74, 6) is 0.391. The standard InChI is InChI=1S/C13H11BClFO3/c1-18-12-7-11(15)10(6-13(12)19-14-17)8-3-2-4-9(16)5-8/h2-7,14,17H,1H3. The Morgan fingerprint density at radius 1 is 1.21 bits per heavy atom. The van der Waals surface area contributed by atoms with Gasteiger partial charge in [0.2, 0.25) is 0 Å². The van der Waals surface area contributed by atoms with Crippen molar-refractivity contribution in [2.75, 3.05) is 7.11 Å². The van der Waals surface area contributed by atoms with E-state index in [0.717, 1.165) is 0 Å². The Balaban J connectivity index is 2.54. The van der Waals surface area contributed by atoms with E-state index in [1.807, 2.05) is 0 Å². The third-order valence-electron chi connectivity index (χ3n) is 2.61. The molecule has 0 radical (unpaired) electrons. The number of methoxy groups -OCH3 is 1. The molecule has 0 heterocycles. The first-order chi connectivity index (χ1) is 9.15. The van der Waals surface area contributed by atoms with Crippen LogP contribution in [0.1, 0.15) is 0 Å². The predicted octanol–water partition coefficient (Wildman–Crippen LogP) is 2.79. The summed E-state index contributed by atoms with van der Waals surface area (Å²) in [6, 6.07) is 9.22. The first-order valence-corrected chi connectivity index (χ1v) is 5.90. The fraction of sp³-hybridized carbons (Fsp3) is 0.0769. The SMILES string of the molecule is COc1cc(Cl)c(-c2cccc(F)c2)cc1OBO. The molecule has 0 bridgehead atoms. The highest BCUT2D eigenvalue weighted by Gasteiger charge is 2.12. The van der Waals surface area contributed by atoms with Gasteiger partial charge in [0.15, 0.2) is 5.75 Å². The Bertz CT molecular complexity index is 592. The van der Waals surface area contributed by atoms with Gasteiger partial charge in [-0.3, -0.25) is 0 Å². The van der Waals surface area contributed by atoms with E-state index in [1.54, 1.807) is 24.3 Å². The Kier molecular flexibility index (Phi) is 4.29. The molecule has 98 valence electrons. The molecule has 0 aliphatic rings. The molecule has 0 atom stereocenters. The van der Waals surface area contributed by atoms with Crippen molar-refractivity contribution in [3.8, 4) is 22.6 Å². The van der Waals surface area contributed by atoms with Crippen LogP contribution in [-0.4, -0.2) is 19.8 Å². The van der Waals surface area contributed by atoms with Crippen LogP contribution in [0.2, 0.25) is 5.02 Å². The molecule has 2 aromatic rings. The predicted molar refractivity (Wildman–Crippen MR) is 73.4 cm³/mol. The van der Waals surface area contributed by atoms with Crippen molar-refractivity contribution in [3.05, 3.63) is 47.2 Å². The van der Waals surface area contributed by atoms with Gasteiger partial charge in [0.25, 0.3) is 0 Å². The van der Waals surface area contributed by atoms with E-state index >= 15 is 0 Å². The zero-order valence-electron chi connectivity index (χ0n) is 10.2. The quantitative estimate of drug-likeness (QED) is 0.875. The number of hydrogen-bond acceptors (Lipinski definition) is 3. The molecule has 0 saturated heterocycles. The van der Waals surface area contributed by atoms with Gasteiger partial charge in [0.1, 0.15) is 11.6 Å². The lowest BCUT2D eigenvalue weighted by Crippen LogP contribution is -2.02. The highest BCUT2D eigenvalue weighted by Crippen LogP contribution is 2.38. The van der Waals surface area contributed by atoms with Crippen LogP contribution in [0.15, 0.2) is 36.4 Å². The maximum absolute atomic E-state index is 13.2. The number of ether oxygens (including phenoxy) is 1. The molecule has 0 unspecified atom stereocenters. The maximum Gasteiger partial charge on any atom is 0.504 e. The van der Waals surface area contributed by atoms with E-state index in [-0.39, 0.29) is 5.82 Å². The molecule has 3 nitrogen and oxygen atoms in total. The van der Waals surface area contributed by atoms with Crippen LogP contribution < -0.4 is 9.39 Å². The van der Waals surface area contributed by atoms with Gasteiger partial charge in [0, 0.05) is 11.6 Å². The Morgan fingerprint density at radius 3 is 2.63 bits per heavy atom. The molecule has 19 heavy (non-hydrogen) atoms. The van der Waals surface area contributed by atoms with Crippen molar-refractivity contribution < 1.29 is 18.8 Å². The summed E-state index contributed by atoms with van der Waals surface area (Å²) in [4.78, 5) is 0. The summed E-state index contributed by atoms with van der Waals surface area (Å²) in [6.07, 6.45) is 0. The highest BCUT2D eigenvalue weighted by atomic mass is 35.5. The van der Waals surface area contributed by atoms with Crippen LogP contribution in [0.3, 0.4) is 0 Å². The second kappa shape index (κ2) is 5.95. The van der Waals surface area contributed by atoms with Crippen molar-refractivity contribution in [1.29, 1.82) is 0 Å². The molecule has 1 N–H and O–H groups in total. The lowest BCUT2D eigenvalue weighted by Gasteiger charge is -2.13. The zero-order valence-corrected chi connectivity index (χ0v) is 10.9. The molecular formula is C13H11BClFO3. The first-order valence-electron chi connectivity index (χ1n) is 5.53. The molecule has 2 rings (SSSR count). The molecule has 0 spiro atoms. The first kappa shape index (κ1) is 13.7. The molecule has 0 saturated carbocycles. The van der Waals surface area contributed by atoms with Crippen LogP contribution in [-0.2, 0) is 0 Å². The van der Waals surface area contributed by atoms with E-state index in [2.05, 4.69) is 0 Å². The van der Waals surface area contributed by atoms with Crippen molar-refractivity contribution >= 4 is 19.3 Å². The van der Waals surface area contributed by atoms with Gasteiger partial charge in [-0.25, -0.2) is 4.39 Å². The summed E-state index contributed by atoms with van der Waals surface area (Å²) in [6.45, 7) is 0. The minimum Gasteiger partial charge on any atom is -0.536 e. The monoisotopic (exact) mass is 280 g/mol. The van der Waals surface area contributed by atoms with Gasteiger partial charge in [-0.1, -0.05) is 23.7 Å². The Hall–Kier alpha value is -1.72. The molecule has 2 aromatic carbocycles. The van der Waals surface area contributed by atoms with Crippen LogP contribution >= 0.6 is 11.6 Å². The van der Waals surface area contributed by atoms with E-state index < -0.39 is 7.69 Å². The van der Waals surface area contributed by atoms with Gasteiger partial charge in [0.05, 0.1) is 12.1 Å². The maximum atomic E-state index is 13.2. The largest absolute Gasteiger partial charge is 0.536 e. The van der Waals surface area contributed by atoms with Gasteiger partial charge >= 0.3 is 7.69 Å². The summed E-state index contributed by atoms with van der Waals surface area (Å²) in [5.41, 5.74) is 1.22. The van der Waals surface area contributed by atoms with Crippen LogP contribution in [0.5, 0.6) is 11.5 Å². The number of rotatable bonds is 4. The Labute approximate surface area is 115 Å². The summed E-state index contributed by atoms with van der Waals surface area (Å²) >= 11 is 6.15. The fourth-order valence-electron chi connectivity index (χ4n) is 1.75. The van der Waals surface area contributed by atoms with Gasteiger partial charge in [-0.2, -0.15) is 0 Å². The highest BCUT2D eigenvalue weighted by molar-refractivity contribution is 6.33. The van der Waals surface area contributed by atoms with Crippen LogP contribution in [0.25, 0.3) is 11.1 Å². The lowest BCUT2D eigenvalue weighted by molar-refractivity contribution is 0.382. The molecule has 6 heteroatoms. The summed E-state index contributed by atoms with van der Waals surface area (Å²) in [5, 5.41) is 9.25. The van der Waals surface area contributed by atoms with Crippen molar-refractivity contribution in [2.45, 2.75) is 0 Å². The number of hydrogen-bond donors (Lipinski definition) is 1. The van der Waals surface area contributed by atoms with Crippen molar-refractivity contribution in [3.63, 3.8) is 0 Å². The minimum atomic E-state index is -0.486. The zero-order chi connectivity index (χ0) is 13.8. The molecule has 0 aromatic heterocycles. The van der Waals surface area contributed by atoms with Crippen molar-refractivity contribution in [2.24, 2.45) is 0 Å². The van der Waals surface area contributed by atoms with Gasteiger partial charge in [-0.15, -0.1) is 0 Å². The second-order valence-electron chi connectivity index (χ2n) is 3.77. The summed E-state index contributed by atoms with van der Waals surface area (Å²) in [7, 11) is 0.984. The molecule has 0 amide bonds. The molecular weight excluding hydrogens is 269 g/mol. The normalized spacial score (nSPS) is 10.1. The number of benzene rings is 2. The average Bonchev–Trinajstić information content (AvgIpc) is 2.40. The van der Waals surface area contributed by atoms with Crippen LogP contribution in [0.4, 0.5) is 4.39 Å². The third-order valence-corrected chi connectivity index (χ3v) is 2.92. The average molecular weight is 280 g/mol. The third kappa shape index (κ3) is 3.00. The van der Waals surface area contributed by atoms with E-state index in [4.69, 9.17) is 26.0 Å². The van der Waals surface area contributed by atoms with Gasteiger partial charge in [-0.05, 0) is 23.8 Å². The molecule has 0 aliphatic carbocycles. The lowest BCUT2D eigenvalue weighted by atomic mass is 10.0.